The Morgan fingerprint density at radius 2 is 1.93 bits per heavy atom. The van der Waals surface area contributed by atoms with Crippen molar-refractivity contribution in [3.63, 3.8) is 0 Å². The Bertz CT molecular complexity index is 613. The highest BCUT2D eigenvalue weighted by Gasteiger charge is 2.41. The number of nitrogens with one attached hydrogen (secondary N) is 1. The fourth-order valence-corrected chi connectivity index (χ4v) is 4.60. The second kappa shape index (κ2) is 9.86. The van der Waals surface area contributed by atoms with Crippen LogP contribution < -0.4 is 10.4 Å². The van der Waals surface area contributed by atoms with Gasteiger partial charge in [0.15, 0.2) is 5.82 Å². The van der Waals surface area contributed by atoms with Crippen LogP contribution in [0.2, 0.25) is 0 Å². The van der Waals surface area contributed by atoms with Gasteiger partial charge in [0.2, 0.25) is 5.89 Å². The summed E-state index contributed by atoms with van der Waals surface area (Å²) < 4.78 is 5.40. The molecule has 0 aromatic carbocycles. The number of hydrogen-bond donors (Lipinski definition) is 1. The van der Waals surface area contributed by atoms with Crippen LogP contribution in [0, 0.1) is 10.8 Å². The first-order valence-electron chi connectivity index (χ1n) is 10.9. The molecule has 1 atom stereocenters. The molecular formula is C22H38N3O3-. The maximum Gasteiger partial charge on any atom is 0.230 e. The minimum absolute atomic E-state index is 0.0677. The molecule has 1 aromatic heterocycles. The molecule has 0 radical (unpaired) electrons. The van der Waals surface area contributed by atoms with Crippen molar-refractivity contribution in [2.75, 3.05) is 0 Å². The minimum Gasteiger partial charge on any atom is -0.550 e. The van der Waals surface area contributed by atoms with E-state index in [0.29, 0.717) is 29.7 Å². The van der Waals surface area contributed by atoms with Gasteiger partial charge in [0, 0.05) is 17.9 Å². The number of carboxylic acid groups (broad SMARTS) is 1. The Balaban J connectivity index is 2.01. The van der Waals surface area contributed by atoms with Crippen molar-refractivity contribution in [1.82, 2.24) is 15.5 Å². The molecule has 0 saturated heterocycles. The summed E-state index contributed by atoms with van der Waals surface area (Å²) in [5, 5.41) is 18.5. The third kappa shape index (κ3) is 6.29. The van der Waals surface area contributed by atoms with Gasteiger partial charge in [-0.15, -0.1) is 0 Å². The quantitative estimate of drug-likeness (QED) is 0.648. The van der Waals surface area contributed by atoms with Crippen LogP contribution in [-0.4, -0.2) is 22.2 Å². The number of carbonyl (C=O) groups is 1. The van der Waals surface area contributed by atoms with Crippen LogP contribution in [0.5, 0.6) is 0 Å². The molecule has 1 heterocycles. The predicted molar refractivity (Wildman–Crippen MR) is 107 cm³/mol. The molecule has 1 N–H and O–H groups in total. The van der Waals surface area contributed by atoms with Gasteiger partial charge in [-0.05, 0) is 42.9 Å². The Morgan fingerprint density at radius 3 is 2.50 bits per heavy atom. The van der Waals surface area contributed by atoms with Crippen LogP contribution >= 0.6 is 0 Å². The smallest absolute Gasteiger partial charge is 0.230 e. The minimum atomic E-state index is -1.06. The van der Waals surface area contributed by atoms with Gasteiger partial charge in [0.25, 0.3) is 0 Å². The molecule has 0 bridgehead atoms. The molecular weight excluding hydrogens is 354 g/mol. The van der Waals surface area contributed by atoms with Gasteiger partial charge in [-0.25, -0.2) is 0 Å². The zero-order valence-electron chi connectivity index (χ0n) is 18.3. The highest BCUT2D eigenvalue weighted by atomic mass is 16.5. The molecule has 1 aliphatic rings. The van der Waals surface area contributed by atoms with Gasteiger partial charge < -0.3 is 19.7 Å². The standard InChI is InChI=1S/C22H39N3O3/c1-16(2)23-15-18-24-20(28-25-18)17(14-19(26)27)10-9-13-22(21(3,4)5)11-7-6-8-12-22/h16-17,23H,6-15H2,1-5H3,(H,26,27)/p-1. The normalized spacial score (nSPS) is 18.4. The van der Waals surface area contributed by atoms with Gasteiger partial charge >= 0.3 is 0 Å². The van der Waals surface area contributed by atoms with Gasteiger partial charge in [-0.2, -0.15) is 4.98 Å². The third-order valence-electron chi connectivity index (χ3n) is 6.52. The van der Waals surface area contributed by atoms with Crippen molar-refractivity contribution in [2.45, 2.75) is 111 Å². The lowest BCUT2D eigenvalue weighted by atomic mass is 9.57. The van der Waals surface area contributed by atoms with E-state index in [1.54, 1.807) is 0 Å². The van der Waals surface area contributed by atoms with Crippen molar-refractivity contribution < 1.29 is 14.4 Å². The number of carbonyl (C=O) groups excluding carboxylic acids is 1. The van der Waals surface area contributed by atoms with E-state index in [2.05, 4.69) is 50.1 Å². The topological polar surface area (TPSA) is 91.1 Å². The maximum absolute atomic E-state index is 11.3. The van der Waals surface area contributed by atoms with E-state index in [9.17, 15) is 9.90 Å². The second-order valence-corrected chi connectivity index (χ2v) is 9.84. The Labute approximate surface area is 169 Å². The summed E-state index contributed by atoms with van der Waals surface area (Å²) in [6.45, 7) is 11.7. The zero-order valence-corrected chi connectivity index (χ0v) is 18.3. The molecule has 0 amide bonds. The lowest BCUT2D eigenvalue weighted by Crippen LogP contribution is -2.37. The number of rotatable bonds is 10. The molecule has 6 nitrogen and oxygen atoms in total. The summed E-state index contributed by atoms with van der Waals surface area (Å²) >= 11 is 0. The first-order chi connectivity index (χ1) is 13.1. The van der Waals surface area contributed by atoms with Crippen molar-refractivity contribution in [2.24, 2.45) is 10.8 Å². The molecule has 28 heavy (non-hydrogen) atoms. The number of carboxylic acids is 1. The van der Waals surface area contributed by atoms with E-state index >= 15 is 0 Å². The molecule has 1 unspecified atom stereocenters. The molecule has 6 heteroatoms. The summed E-state index contributed by atoms with van der Waals surface area (Å²) in [7, 11) is 0. The Morgan fingerprint density at radius 1 is 1.25 bits per heavy atom. The molecule has 0 aliphatic heterocycles. The molecule has 1 aliphatic carbocycles. The van der Waals surface area contributed by atoms with Crippen molar-refractivity contribution in [3.05, 3.63) is 11.7 Å². The monoisotopic (exact) mass is 392 g/mol. The summed E-state index contributed by atoms with van der Waals surface area (Å²) in [6.07, 6.45) is 9.24. The highest BCUT2D eigenvalue weighted by Crippen LogP contribution is 2.53. The molecule has 1 saturated carbocycles. The fraction of sp³-hybridized carbons (Fsp3) is 0.864. The van der Waals surface area contributed by atoms with E-state index < -0.39 is 5.97 Å². The number of hydrogen-bond acceptors (Lipinski definition) is 6. The molecule has 160 valence electrons. The van der Waals surface area contributed by atoms with E-state index in [4.69, 9.17) is 4.52 Å². The van der Waals surface area contributed by atoms with Crippen LogP contribution in [0.4, 0.5) is 0 Å². The average molecular weight is 393 g/mol. The van der Waals surface area contributed by atoms with Crippen molar-refractivity contribution in [3.8, 4) is 0 Å². The van der Waals surface area contributed by atoms with Gasteiger partial charge in [-0.1, -0.05) is 65.5 Å². The largest absolute Gasteiger partial charge is 0.550 e. The highest BCUT2D eigenvalue weighted by molar-refractivity contribution is 5.65. The number of aromatic nitrogens is 2. The molecule has 2 rings (SSSR count). The maximum atomic E-state index is 11.3. The van der Waals surface area contributed by atoms with Crippen LogP contribution in [-0.2, 0) is 11.3 Å². The molecule has 1 aromatic rings. The molecule has 1 fully saturated rings. The van der Waals surface area contributed by atoms with Gasteiger partial charge in [-0.3, -0.25) is 0 Å². The first-order valence-corrected chi connectivity index (χ1v) is 10.9. The lowest BCUT2D eigenvalue weighted by molar-refractivity contribution is -0.306. The van der Waals surface area contributed by atoms with Crippen molar-refractivity contribution in [1.29, 1.82) is 0 Å². The Kier molecular flexibility index (Phi) is 8.05. The second-order valence-electron chi connectivity index (χ2n) is 9.84. The van der Waals surface area contributed by atoms with Gasteiger partial charge in [0.05, 0.1) is 6.54 Å². The van der Waals surface area contributed by atoms with Crippen LogP contribution in [0.25, 0.3) is 0 Å². The summed E-state index contributed by atoms with van der Waals surface area (Å²) in [4.78, 5) is 15.7. The van der Waals surface area contributed by atoms with Crippen molar-refractivity contribution >= 4 is 5.97 Å². The van der Waals surface area contributed by atoms with E-state index in [1.807, 2.05) is 0 Å². The summed E-state index contributed by atoms with van der Waals surface area (Å²) in [5.74, 6) is -0.331. The van der Waals surface area contributed by atoms with Gasteiger partial charge in [0.1, 0.15) is 0 Å². The van der Waals surface area contributed by atoms with E-state index in [-0.39, 0.29) is 17.8 Å². The van der Waals surface area contributed by atoms with E-state index in [0.717, 1.165) is 19.3 Å². The van der Waals surface area contributed by atoms with E-state index in [1.165, 1.54) is 32.1 Å². The lowest BCUT2D eigenvalue weighted by Gasteiger charge is -2.48. The molecule has 0 spiro atoms. The Hall–Kier alpha value is -1.43. The first kappa shape index (κ1) is 22.9. The average Bonchev–Trinajstić information content (AvgIpc) is 3.07. The zero-order chi connectivity index (χ0) is 20.8. The van der Waals surface area contributed by atoms with Crippen LogP contribution in [0.1, 0.15) is 110 Å². The fourth-order valence-electron chi connectivity index (χ4n) is 4.60. The summed E-state index contributed by atoms with van der Waals surface area (Å²) in [5.41, 5.74) is 0.607. The summed E-state index contributed by atoms with van der Waals surface area (Å²) in [6, 6.07) is 0.324. The number of aliphatic carboxylic acids is 1. The third-order valence-corrected chi connectivity index (χ3v) is 6.52. The van der Waals surface area contributed by atoms with Crippen LogP contribution in [0.15, 0.2) is 4.52 Å². The van der Waals surface area contributed by atoms with Crippen LogP contribution in [0.3, 0.4) is 0 Å². The predicted octanol–water partition coefficient (Wildman–Crippen LogP) is 3.96. The SMILES string of the molecule is CC(C)NCc1noc(C(CCCC2(C(C)(C)C)CCCCC2)CC(=O)[O-])n1. The number of nitrogens with zero attached hydrogens (tertiary/aromatic N) is 2.